The first-order chi connectivity index (χ1) is 9.25. The largest absolute Gasteiger partial charge is 0.355 e. The van der Waals surface area contributed by atoms with Crippen molar-refractivity contribution < 1.29 is 9.59 Å². The van der Waals surface area contributed by atoms with Gasteiger partial charge in [-0.15, -0.1) is 0 Å². The second-order valence-electron chi connectivity index (χ2n) is 6.95. The highest BCUT2D eigenvalue weighted by Crippen LogP contribution is 2.33. The van der Waals surface area contributed by atoms with E-state index >= 15 is 0 Å². The van der Waals surface area contributed by atoms with Gasteiger partial charge in [0.15, 0.2) is 0 Å². The van der Waals surface area contributed by atoms with Gasteiger partial charge in [-0.2, -0.15) is 11.8 Å². The summed E-state index contributed by atoms with van der Waals surface area (Å²) >= 11 is 1.57. The molecule has 0 aromatic rings. The number of carbonyl (C=O) groups excluding carboxylic acids is 2. The van der Waals surface area contributed by atoms with E-state index in [4.69, 9.17) is 0 Å². The highest BCUT2D eigenvalue weighted by atomic mass is 32.2. The molecule has 1 fully saturated rings. The van der Waals surface area contributed by atoms with Crippen LogP contribution in [0, 0.1) is 17.3 Å². The van der Waals surface area contributed by atoms with E-state index in [1.807, 2.05) is 34.0 Å². The highest BCUT2D eigenvalue weighted by Gasteiger charge is 2.32. The van der Waals surface area contributed by atoms with Crippen molar-refractivity contribution in [3.63, 3.8) is 0 Å². The molecule has 4 heteroatoms. The minimum atomic E-state index is -0.223. The van der Waals surface area contributed by atoms with Crippen LogP contribution in [0.1, 0.15) is 53.4 Å². The Labute approximate surface area is 127 Å². The van der Waals surface area contributed by atoms with Gasteiger partial charge in [0.05, 0.1) is 5.25 Å². The summed E-state index contributed by atoms with van der Waals surface area (Å²) in [7, 11) is 0. The molecule has 1 atom stereocenters. The van der Waals surface area contributed by atoms with E-state index in [-0.39, 0.29) is 22.5 Å². The lowest BCUT2D eigenvalue weighted by Crippen LogP contribution is -2.37. The molecule has 0 heterocycles. The van der Waals surface area contributed by atoms with Crippen molar-refractivity contribution >= 4 is 23.5 Å². The van der Waals surface area contributed by atoms with E-state index < -0.39 is 0 Å². The lowest BCUT2D eigenvalue weighted by Gasteiger charge is -2.31. The molecule has 1 N–H and O–H groups in total. The molecular weight excluding hydrogens is 270 g/mol. The fraction of sp³-hybridized carbons (Fsp3) is 0.875. The van der Waals surface area contributed by atoms with Gasteiger partial charge < -0.3 is 5.32 Å². The normalized spacial score (nSPS) is 25.1. The molecule has 1 aliphatic carbocycles. The molecule has 1 unspecified atom stereocenters. The molecule has 0 saturated heterocycles. The van der Waals surface area contributed by atoms with Crippen LogP contribution in [0.3, 0.4) is 0 Å². The zero-order chi connectivity index (χ0) is 15.3. The highest BCUT2D eigenvalue weighted by molar-refractivity contribution is 7.99. The molecule has 1 saturated carbocycles. The summed E-state index contributed by atoms with van der Waals surface area (Å²) in [5.74, 6) is 1.30. The summed E-state index contributed by atoms with van der Waals surface area (Å²) in [5, 5.41) is 3.05. The van der Waals surface area contributed by atoms with Crippen LogP contribution in [0.15, 0.2) is 0 Å². The minimum absolute atomic E-state index is 0.0220. The summed E-state index contributed by atoms with van der Waals surface area (Å²) in [5.41, 5.74) is -0.223. The summed E-state index contributed by atoms with van der Waals surface area (Å²) < 4.78 is 0. The van der Waals surface area contributed by atoms with E-state index in [2.05, 4.69) is 5.32 Å². The number of thioether (sulfide) groups is 1. The molecule has 0 aliphatic heterocycles. The molecule has 0 bridgehead atoms. The van der Waals surface area contributed by atoms with Gasteiger partial charge in [0, 0.05) is 17.9 Å². The van der Waals surface area contributed by atoms with Crippen molar-refractivity contribution in [3.8, 4) is 0 Å². The van der Waals surface area contributed by atoms with Crippen LogP contribution in [0.2, 0.25) is 0 Å². The molecular formula is C16H29NO2S. The van der Waals surface area contributed by atoms with Crippen molar-refractivity contribution in [2.24, 2.45) is 17.3 Å². The average Bonchev–Trinajstić information content (AvgIpc) is 2.42. The van der Waals surface area contributed by atoms with Crippen molar-refractivity contribution in [1.82, 2.24) is 5.32 Å². The van der Waals surface area contributed by atoms with Crippen LogP contribution >= 0.6 is 11.8 Å². The van der Waals surface area contributed by atoms with Gasteiger partial charge in [0.25, 0.3) is 0 Å². The van der Waals surface area contributed by atoms with Crippen LogP contribution in [0.4, 0.5) is 0 Å². The van der Waals surface area contributed by atoms with Crippen molar-refractivity contribution in [3.05, 3.63) is 0 Å². The lowest BCUT2D eigenvalue weighted by atomic mass is 9.73. The standard InChI is InChI=1S/C16H29NO2S/c1-11(20-5)15(19)17-10-12-6-8-13(9-7-12)14(18)16(2,3)4/h11-13H,6-10H2,1-5H3,(H,17,19)/t11?,12-,13-. The Morgan fingerprint density at radius 2 is 1.75 bits per heavy atom. The number of carbonyl (C=O) groups is 2. The predicted octanol–water partition coefficient (Wildman–Crippen LogP) is 3.28. The topological polar surface area (TPSA) is 46.2 Å². The van der Waals surface area contributed by atoms with E-state index in [1.165, 1.54) is 0 Å². The molecule has 116 valence electrons. The third-order valence-electron chi connectivity index (χ3n) is 4.24. The van der Waals surface area contributed by atoms with Crippen molar-refractivity contribution in [2.45, 2.75) is 58.6 Å². The van der Waals surface area contributed by atoms with E-state index in [0.29, 0.717) is 11.7 Å². The Kier molecular flexibility index (Phi) is 6.56. The van der Waals surface area contributed by atoms with Crippen molar-refractivity contribution in [1.29, 1.82) is 0 Å². The quantitative estimate of drug-likeness (QED) is 0.847. The second-order valence-corrected chi connectivity index (χ2v) is 8.13. The number of amides is 1. The number of nitrogens with one attached hydrogen (secondary N) is 1. The first-order valence-electron chi connectivity index (χ1n) is 7.60. The van der Waals surface area contributed by atoms with Crippen LogP contribution < -0.4 is 5.32 Å². The summed E-state index contributed by atoms with van der Waals surface area (Å²) in [6.45, 7) is 8.71. The SMILES string of the molecule is CSC(C)C(=O)NC[C@H]1CC[C@H](C(=O)C(C)(C)C)CC1. The maximum absolute atomic E-state index is 12.2. The van der Waals surface area contributed by atoms with Gasteiger partial charge in [-0.05, 0) is 44.8 Å². The Morgan fingerprint density at radius 3 is 2.20 bits per heavy atom. The monoisotopic (exact) mass is 299 g/mol. The third-order valence-corrected chi connectivity index (χ3v) is 5.17. The third kappa shape index (κ3) is 5.12. The Bertz CT molecular complexity index is 341. The number of rotatable bonds is 5. The number of hydrogen-bond donors (Lipinski definition) is 1. The Balaban J connectivity index is 2.33. The molecule has 1 aliphatic rings. The Morgan fingerprint density at radius 1 is 1.20 bits per heavy atom. The number of hydrogen-bond acceptors (Lipinski definition) is 3. The van der Waals surface area contributed by atoms with Gasteiger partial charge in [-0.3, -0.25) is 9.59 Å². The van der Waals surface area contributed by atoms with E-state index in [1.54, 1.807) is 11.8 Å². The van der Waals surface area contributed by atoms with Gasteiger partial charge in [-0.25, -0.2) is 0 Å². The number of ketones is 1. The second kappa shape index (κ2) is 7.48. The molecule has 20 heavy (non-hydrogen) atoms. The predicted molar refractivity (Wildman–Crippen MR) is 85.9 cm³/mol. The summed E-state index contributed by atoms with van der Waals surface area (Å²) in [6.07, 6.45) is 6.03. The molecule has 0 aromatic heterocycles. The molecule has 1 rings (SSSR count). The first kappa shape index (κ1) is 17.5. The van der Waals surface area contributed by atoms with Gasteiger partial charge >= 0.3 is 0 Å². The van der Waals surface area contributed by atoms with E-state index in [9.17, 15) is 9.59 Å². The first-order valence-corrected chi connectivity index (χ1v) is 8.89. The molecule has 0 radical (unpaired) electrons. The van der Waals surface area contributed by atoms with Crippen LogP contribution in [0.25, 0.3) is 0 Å². The molecule has 0 aromatic carbocycles. The average molecular weight is 299 g/mol. The maximum atomic E-state index is 12.2. The zero-order valence-electron chi connectivity index (χ0n) is 13.5. The summed E-state index contributed by atoms with van der Waals surface area (Å²) in [4.78, 5) is 24.0. The summed E-state index contributed by atoms with van der Waals surface area (Å²) in [6, 6.07) is 0. The minimum Gasteiger partial charge on any atom is -0.355 e. The molecule has 3 nitrogen and oxygen atoms in total. The Hall–Kier alpha value is -0.510. The lowest BCUT2D eigenvalue weighted by molar-refractivity contribution is -0.131. The van der Waals surface area contributed by atoms with Gasteiger partial charge in [-0.1, -0.05) is 20.8 Å². The van der Waals surface area contributed by atoms with Gasteiger partial charge in [0.1, 0.15) is 5.78 Å². The van der Waals surface area contributed by atoms with Crippen LogP contribution in [-0.4, -0.2) is 29.7 Å². The number of Topliss-reactive ketones (excluding diaryl/α,β-unsaturated/α-hetero) is 1. The maximum Gasteiger partial charge on any atom is 0.232 e. The van der Waals surface area contributed by atoms with Crippen molar-refractivity contribution in [2.75, 3.05) is 12.8 Å². The molecule has 1 amide bonds. The van der Waals surface area contributed by atoms with Crippen LogP contribution in [0.5, 0.6) is 0 Å². The molecule has 0 spiro atoms. The van der Waals surface area contributed by atoms with Gasteiger partial charge in [0.2, 0.25) is 5.91 Å². The van der Waals surface area contributed by atoms with Crippen LogP contribution in [-0.2, 0) is 9.59 Å². The zero-order valence-corrected chi connectivity index (χ0v) is 14.3. The smallest absolute Gasteiger partial charge is 0.232 e. The fourth-order valence-corrected chi connectivity index (χ4v) is 3.03. The van der Waals surface area contributed by atoms with E-state index in [0.717, 1.165) is 32.2 Å². The fourth-order valence-electron chi connectivity index (χ4n) is 2.74.